The van der Waals surface area contributed by atoms with Crippen molar-refractivity contribution < 1.29 is 15.0 Å². The Kier molecular flexibility index (Phi) is 4.19. The lowest BCUT2D eigenvalue weighted by molar-refractivity contribution is 0.0693. The zero-order chi connectivity index (χ0) is 19.1. The standard InChI is InChI=1S/C19H21N5O3/c1-11-14(8-22-23(11)2)18-17-15(20-10-21-17)5-6-24(18)9-12-3-4-16(25)13(7-12)19(26)27/h3-4,7-8,10,18,25H,5-6,9H2,1-2H3,(H,20,21)(H,26,27)/t18-/m0/s1. The number of carboxylic acid groups (broad SMARTS) is 1. The molecule has 0 radical (unpaired) electrons. The number of aromatic hydroxyl groups is 1. The van der Waals surface area contributed by atoms with Crippen LogP contribution in [0.4, 0.5) is 0 Å². The van der Waals surface area contributed by atoms with E-state index < -0.39 is 5.97 Å². The van der Waals surface area contributed by atoms with Crippen LogP contribution in [0.5, 0.6) is 5.75 Å². The molecule has 3 heterocycles. The minimum Gasteiger partial charge on any atom is -0.507 e. The van der Waals surface area contributed by atoms with Gasteiger partial charge in [0, 0.05) is 43.5 Å². The average Bonchev–Trinajstić information content (AvgIpc) is 3.24. The van der Waals surface area contributed by atoms with E-state index in [-0.39, 0.29) is 17.4 Å². The number of aryl methyl sites for hydroxylation is 1. The fourth-order valence-corrected chi connectivity index (χ4v) is 3.71. The third-order valence-electron chi connectivity index (χ3n) is 5.27. The fraction of sp³-hybridized carbons (Fsp3) is 0.316. The van der Waals surface area contributed by atoms with Gasteiger partial charge in [0.1, 0.15) is 11.3 Å². The molecule has 1 atom stereocenters. The Morgan fingerprint density at radius 2 is 2.22 bits per heavy atom. The van der Waals surface area contributed by atoms with Crippen LogP contribution in [0.3, 0.4) is 0 Å². The van der Waals surface area contributed by atoms with Crippen molar-refractivity contribution in [2.24, 2.45) is 7.05 Å². The molecule has 0 bridgehead atoms. The lowest BCUT2D eigenvalue weighted by Gasteiger charge is -2.35. The predicted molar refractivity (Wildman–Crippen MR) is 97.6 cm³/mol. The summed E-state index contributed by atoms with van der Waals surface area (Å²) in [7, 11) is 1.91. The second kappa shape index (κ2) is 6.55. The largest absolute Gasteiger partial charge is 0.507 e. The van der Waals surface area contributed by atoms with Crippen molar-refractivity contribution >= 4 is 5.97 Å². The van der Waals surface area contributed by atoms with E-state index in [0.29, 0.717) is 6.54 Å². The summed E-state index contributed by atoms with van der Waals surface area (Å²) in [6.45, 7) is 3.38. The SMILES string of the molecule is Cc1c([C@H]2c3nc[nH]c3CCN2Cc2ccc(O)c(C(=O)O)c2)cnn1C. The summed E-state index contributed by atoms with van der Waals surface area (Å²) in [5.41, 5.74) is 5.00. The van der Waals surface area contributed by atoms with Crippen LogP contribution in [-0.2, 0) is 20.0 Å². The molecular formula is C19H21N5O3. The van der Waals surface area contributed by atoms with Gasteiger partial charge < -0.3 is 15.2 Å². The molecule has 8 heteroatoms. The number of carboxylic acids is 1. The summed E-state index contributed by atoms with van der Waals surface area (Å²) < 4.78 is 1.84. The number of benzene rings is 1. The molecule has 140 valence electrons. The van der Waals surface area contributed by atoms with Crippen molar-refractivity contribution in [2.75, 3.05) is 6.54 Å². The van der Waals surface area contributed by atoms with E-state index in [0.717, 1.165) is 41.2 Å². The molecule has 3 N–H and O–H groups in total. The number of imidazole rings is 1. The van der Waals surface area contributed by atoms with Gasteiger partial charge in [-0.3, -0.25) is 9.58 Å². The Morgan fingerprint density at radius 3 is 2.93 bits per heavy atom. The first kappa shape index (κ1) is 17.3. The van der Waals surface area contributed by atoms with Gasteiger partial charge in [0.2, 0.25) is 0 Å². The smallest absolute Gasteiger partial charge is 0.339 e. The maximum atomic E-state index is 11.3. The molecular weight excluding hydrogens is 346 g/mol. The maximum absolute atomic E-state index is 11.3. The van der Waals surface area contributed by atoms with E-state index in [1.165, 1.54) is 12.1 Å². The van der Waals surface area contributed by atoms with Crippen LogP contribution in [-0.4, -0.2) is 47.4 Å². The fourth-order valence-electron chi connectivity index (χ4n) is 3.71. The molecule has 0 spiro atoms. The first-order valence-corrected chi connectivity index (χ1v) is 8.75. The van der Waals surface area contributed by atoms with Crippen LogP contribution < -0.4 is 0 Å². The Morgan fingerprint density at radius 1 is 1.41 bits per heavy atom. The van der Waals surface area contributed by atoms with Crippen molar-refractivity contribution in [3.05, 3.63) is 64.5 Å². The zero-order valence-electron chi connectivity index (χ0n) is 15.2. The Balaban J connectivity index is 1.72. The van der Waals surface area contributed by atoms with Crippen LogP contribution in [0.1, 0.15) is 44.6 Å². The molecule has 4 rings (SSSR count). The second-order valence-electron chi connectivity index (χ2n) is 6.85. The van der Waals surface area contributed by atoms with Gasteiger partial charge >= 0.3 is 5.97 Å². The normalized spacial score (nSPS) is 17.0. The van der Waals surface area contributed by atoms with Gasteiger partial charge in [-0.1, -0.05) is 6.07 Å². The van der Waals surface area contributed by atoms with Crippen molar-refractivity contribution in [1.82, 2.24) is 24.6 Å². The van der Waals surface area contributed by atoms with E-state index in [1.807, 2.05) is 24.9 Å². The number of aromatic carboxylic acids is 1. The number of hydrogen-bond donors (Lipinski definition) is 3. The van der Waals surface area contributed by atoms with Crippen molar-refractivity contribution in [3.8, 4) is 5.75 Å². The van der Waals surface area contributed by atoms with Gasteiger partial charge in [0.25, 0.3) is 0 Å². The monoisotopic (exact) mass is 367 g/mol. The van der Waals surface area contributed by atoms with E-state index in [1.54, 1.807) is 12.4 Å². The molecule has 0 saturated heterocycles. The molecule has 1 aliphatic heterocycles. The van der Waals surface area contributed by atoms with Crippen molar-refractivity contribution in [3.63, 3.8) is 0 Å². The predicted octanol–water partition coefficient (Wildman–Crippen LogP) is 2.00. The lowest BCUT2D eigenvalue weighted by atomic mass is 9.95. The molecule has 1 aromatic carbocycles. The summed E-state index contributed by atoms with van der Waals surface area (Å²) in [5, 5.41) is 23.4. The Hall–Kier alpha value is -3.13. The minimum absolute atomic E-state index is 0.0595. The molecule has 0 aliphatic carbocycles. The van der Waals surface area contributed by atoms with E-state index >= 15 is 0 Å². The summed E-state index contributed by atoms with van der Waals surface area (Å²) in [4.78, 5) is 21.4. The first-order chi connectivity index (χ1) is 13.0. The number of nitrogens with zero attached hydrogens (tertiary/aromatic N) is 4. The summed E-state index contributed by atoms with van der Waals surface area (Å²) >= 11 is 0. The number of aromatic nitrogens is 4. The van der Waals surface area contributed by atoms with Gasteiger partial charge in [-0.05, 0) is 24.6 Å². The molecule has 0 unspecified atom stereocenters. The van der Waals surface area contributed by atoms with Gasteiger partial charge in [0.05, 0.1) is 24.3 Å². The summed E-state index contributed by atoms with van der Waals surface area (Å²) in [5.74, 6) is -1.36. The molecule has 3 aromatic rings. The Bertz CT molecular complexity index is 1010. The molecule has 2 aromatic heterocycles. The van der Waals surface area contributed by atoms with E-state index in [2.05, 4.69) is 20.0 Å². The molecule has 8 nitrogen and oxygen atoms in total. The summed E-state index contributed by atoms with van der Waals surface area (Å²) in [6.07, 6.45) is 4.43. The highest BCUT2D eigenvalue weighted by Crippen LogP contribution is 2.36. The number of H-pyrrole nitrogens is 1. The Labute approximate surface area is 156 Å². The number of hydrogen-bond acceptors (Lipinski definition) is 5. The minimum atomic E-state index is -1.14. The van der Waals surface area contributed by atoms with Crippen molar-refractivity contribution in [1.29, 1.82) is 0 Å². The van der Waals surface area contributed by atoms with E-state index in [9.17, 15) is 15.0 Å². The third-order valence-corrected chi connectivity index (χ3v) is 5.27. The molecule has 0 amide bonds. The molecule has 1 aliphatic rings. The van der Waals surface area contributed by atoms with Gasteiger partial charge in [-0.25, -0.2) is 9.78 Å². The molecule has 0 saturated carbocycles. The average molecular weight is 367 g/mol. The highest BCUT2D eigenvalue weighted by Gasteiger charge is 2.33. The highest BCUT2D eigenvalue weighted by atomic mass is 16.4. The lowest BCUT2D eigenvalue weighted by Crippen LogP contribution is -2.36. The number of carbonyl (C=O) groups is 1. The maximum Gasteiger partial charge on any atom is 0.339 e. The van der Waals surface area contributed by atoms with Gasteiger partial charge in [-0.2, -0.15) is 5.10 Å². The van der Waals surface area contributed by atoms with Gasteiger partial charge in [-0.15, -0.1) is 0 Å². The van der Waals surface area contributed by atoms with E-state index in [4.69, 9.17) is 0 Å². The quantitative estimate of drug-likeness (QED) is 0.651. The van der Waals surface area contributed by atoms with Gasteiger partial charge in [0.15, 0.2) is 0 Å². The third kappa shape index (κ3) is 2.97. The first-order valence-electron chi connectivity index (χ1n) is 8.75. The van der Waals surface area contributed by atoms with Crippen LogP contribution in [0.15, 0.2) is 30.7 Å². The number of aromatic amines is 1. The highest BCUT2D eigenvalue weighted by molar-refractivity contribution is 5.90. The molecule has 0 fully saturated rings. The number of fused-ring (bicyclic) bond motifs is 1. The zero-order valence-corrected chi connectivity index (χ0v) is 15.2. The summed E-state index contributed by atoms with van der Waals surface area (Å²) in [6, 6.07) is 4.67. The molecule has 27 heavy (non-hydrogen) atoms. The van der Waals surface area contributed by atoms with Crippen LogP contribution in [0.25, 0.3) is 0 Å². The number of rotatable bonds is 4. The topological polar surface area (TPSA) is 107 Å². The van der Waals surface area contributed by atoms with Crippen LogP contribution in [0, 0.1) is 6.92 Å². The number of phenols is 1. The van der Waals surface area contributed by atoms with Crippen LogP contribution in [0.2, 0.25) is 0 Å². The van der Waals surface area contributed by atoms with Crippen LogP contribution >= 0.6 is 0 Å². The van der Waals surface area contributed by atoms with Crippen molar-refractivity contribution in [2.45, 2.75) is 25.9 Å². The number of nitrogens with one attached hydrogen (secondary N) is 1. The second-order valence-corrected chi connectivity index (χ2v) is 6.85.